The van der Waals surface area contributed by atoms with Gasteiger partial charge in [0.2, 0.25) is 0 Å². The van der Waals surface area contributed by atoms with Crippen LogP contribution in [-0.4, -0.2) is 26.2 Å². The molecular weight excluding hydrogens is 150 g/mol. The summed E-state index contributed by atoms with van der Waals surface area (Å²) in [7, 11) is 0. The van der Waals surface area contributed by atoms with Gasteiger partial charge in [-0.15, -0.1) is 13.2 Å². The van der Waals surface area contributed by atoms with Crippen molar-refractivity contribution in [3.63, 3.8) is 0 Å². The monoisotopic (exact) mass is 171 g/mol. The first-order chi connectivity index (χ1) is 5.41. The maximum Gasteiger partial charge on any atom is 0.0135 e. The van der Waals surface area contributed by atoms with Crippen LogP contribution >= 0.6 is 0 Å². The molecule has 0 atom stereocenters. The Morgan fingerprint density at radius 3 is 1.67 bits per heavy atom. The van der Waals surface area contributed by atoms with E-state index in [0.29, 0.717) is 0 Å². The van der Waals surface area contributed by atoms with Crippen molar-refractivity contribution in [2.24, 2.45) is 0 Å². The molecule has 1 aliphatic rings. The molecule has 3 heteroatoms. The van der Waals surface area contributed by atoms with E-state index >= 15 is 0 Å². The summed E-state index contributed by atoms with van der Waals surface area (Å²) < 4.78 is 0. The molecule has 3 nitrogen and oxygen atoms in total. The first kappa shape index (κ1) is 13.9. The van der Waals surface area contributed by atoms with Crippen LogP contribution in [-0.2, 0) is 0 Å². The van der Waals surface area contributed by atoms with Crippen LogP contribution in [0.15, 0.2) is 25.3 Å². The van der Waals surface area contributed by atoms with E-state index in [1.54, 1.807) is 0 Å². The predicted molar refractivity (Wildman–Crippen MR) is 55.8 cm³/mol. The average molecular weight is 171 g/mol. The Kier molecular flexibility index (Phi) is 15.1. The first-order valence-corrected chi connectivity index (χ1v) is 4.05. The van der Waals surface area contributed by atoms with Crippen LogP contribution in [0.2, 0.25) is 0 Å². The molecule has 0 aromatic rings. The summed E-state index contributed by atoms with van der Waals surface area (Å²) in [6.45, 7) is 11.3. The van der Waals surface area contributed by atoms with Gasteiger partial charge in [-0.3, -0.25) is 0 Å². The Hall–Kier alpha value is -0.640. The lowest BCUT2D eigenvalue weighted by molar-refractivity contribution is 0.527. The summed E-state index contributed by atoms with van der Waals surface area (Å²) in [5, 5.41) is 6.16. The number of hydrogen-bond donors (Lipinski definition) is 3. The van der Waals surface area contributed by atoms with E-state index in [2.05, 4.69) is 23.8 Å². The second-order valence-corrected chi connectivity index (χ2v) is 2.34. The summed E-state index contributed by atoms with van der Waals surface area (Å²) in [4.78, 5) is 0. The lowest BCUT2D eigenvalue weighted by Gasteiger charge is -2.09. The van der Waals surface area contributed by atoms with Crippen molar-refractivity contribution < 1.29 is 0 Å². The molecule has 0 radical (unpaired) electrons. The van der Waals surface area contributed by atoms with E-state index in [9.17, 15) is 0 Å². The Labute approximate surface area is 75.5 Å². The van der Waals surface area contributed by atoms with E-state index in [1.165, 1.54) is 19.5 Å². The first-order valence-electron chi connectivity index (χ1n) is 4.05. The van der Waals surface area contributed by atoms with Gasteiger partial charge >= 0.3 is 0 Å². The molecular formula is C9H21N3. The Bertz CT molecular complexity index is 85.9. The van der Waals surface area contributed by atoms with Crippen LogP contribution in [0.1, 0.15) is 6.42 Å². The van der Waals surface area contributed by atoms with Gasteiger partial charge in [0.1, 0.15) is 0 Å². The zero-order valence-corrected chi connectivity index (χ0v) is 7.81. The highest BCUT2D eigenvalue weighted by Crippen LogP contribution is 1.80. The molecule has 1 rings (SSSR count). The minimum absolute atomic E-state index is 0. The molecule has 0 spiro atoms. The smallest absolute Gasteiger partial charge is 0.0135 e. The highest BCUT2D eigenvalue weighted by atomic mass is 14.9. The fourth-order valence-corrected chi connectivity index (χ4v) is 0.464. The summed E-state index contributed by atoms with van der Waals surface area (Å²) >= 11 is 0. The maximum absolute atomic E-state index is 3.54. The third-order valence-electron chi connectivity index (χ3n) is 1.28. The van der Waals surface area contributed by atoms with E-state index < -0.39 is 0 Å². The van der Waals surface area contributed by atoms with Gasteiger partial charge in [-0.1, -0.05) is 12.2 Å². The van der Waals surface area contributed by atoms with Gasteiger partial charge in [0.15, 0.2) is 0 Å². The second kappa shape index (κ2) is 13.0. The van der Waals surface area contributed by atoms with Gasteiger partial charge in [0.25, 0.3) is 0 Å². The number of nitrogens with one attached hydrogen (secondary N) is 2. The third-order valence-corrected chi connectivity index (χ3v) is 1.28. The largest absolute Gasteiger partial charge is 0.344 e. The SMILES string of the molecule is C1CNC1.C=CCNCC=C.N. The van der Waals surface area contributed by atoms with Gasteiger partial charge in [-0.25, -0.2) is 0 Å². The van der Waals surface area contributed by atoms with Crippen LogP contribution in [0, 0.1) is 0 Å². The van der Waals surface area contributed by atoms with Gasteiger partial charge < -0.3 is 16.8 Å². The molecule has 12 heavy (non-hydrogen) atoms. The molecule has 1 heterocycles. The number of hydrogen-bond acceptors (Lipinski definition) is 3. The van der Waals surface area contributed by atoms with Crippen molar-refractivity contribution in [1.82, 2.24) is 16.8 Å². The standard InChI is InChI=1S/C6H11N.C3H7N.H3N/c1-3-5-7-6-4-2;1-2-4-3-1;/h3-4,7H,1-2,5-6H2;4H,1-3H2;1H3. The zero-order chi connectivity index (χ0) is 8.36. The van der Waals surface area contributed by atoms with Crippen molar-refractivity contribution in [1.29, 1.82) is 0 Å². The summed E-state index contributed by atoms with van der Waals surface area (Å²) in [5.74, 6) is 0. The fourth-order valence-electron chi connectivity index (χ4n) is 0.464. The molecule has 72 valence electrons. The summed E-state index contributed by atoms with van der Waals surface area (Å²) in [5.41, 5.74) is 0. The molecule has 0 aromatic carbocycles. The van der Waals surface area contributed by atoms with Crippen molar-refractivity contribution in [2.45, 2.75) is 6.42 Å². The van der Waals surface area contributed by atoms with E-state index in [0.717, 1.165) is 13.1 Å². The maximum atomic E-state index is 3.54. The Balaban J connectivity index is 0. The van der Waals surface area contributed by atoms with E-state index in [-0.39, 0.29) is 6.15 Å². The molecule has 1 aliphatic heterocycles. The molecule has 1 fully saturated rings. The quantitative estimate of drug-likeness (QED) is 0.438. The topological polar surface area (TPSA) is 59.1 Å². The van der Waals surface area contributed by atoms with Crippen molar-refractivity contribution >= 4 is 0 Å². The minimum atomic E-state index is 0. The van der Waals surface area contributed by atoms with Crippen LogP contribution in [0.3, 0.4) is 0 Å². The van der Waals surface area contributed by atoms with Crippen LogP contribution in [0.4, 0.5) is 0 Å². The third kappa shape index (κ3) is 12.1. The summed E-state index contributed by atoms with van der Waals surface area (Å²) in [6, 6.07) is 0. The Morgan fingerprint density at radius 2 is 1.50 bits per heavy atom. The van der Waals surface area contributed by atoms with E-state index in [1.807, 2.05) is 12.2 Å². The van der Waals surface area contributed by atoms with Crippen molar-refractivity contribution in [3.8, 4) is 0 Å². The van der Waals surface area contributed by atoms with E-state index in [4.69, 9.17) is 0 Å². The molecule has 0 bridgehead atoms. The molecule has 0 saturated carbocycles. The van der Waals surface area contributed by atoms with Gasteiger partial charge in [-0.05, 0) is 19.5 Å². The van der Waals surface area contributed by atoms with Gasteiger partial charge in [0, 0.05) is 13.1 Å². The Morgan fingerprint density at radius 1 is 1.17 bits per heavy atom. The highest BCUT2D eigenvalue weighted by Gasteiger charge is 1.92. The zero-order valence-electron chi connectivity index (χ0n) is 7.81. The average Bonchev–Trinajstić information content (AvgIpc) is 1.85. The van der Waals surface area contributed by atoms with Gasteiger partial charge in [-0.2, -0.15) is 0 Å². The van der Waals surface area contributed by atoms with Crippen molar-refractivity contribution in [2.75, 3.05) is 26.2 Å². The molecule has 0 aromatic heterocycles. The van der Waals surface area contributed by atoms with Gasteiger partial charge in [0.05, 0.1) is 0 Å². The predicted octanol–water partition coefficient (Wildman–Crippen LogP) is 1.09. The number of rotatable bonds is 4. The van der Waals surface area contributed by atoms with Crippen LogP contribution in [0.25, 0.3) is 0 Å². The lowest BCUT2D eigenvalue weighted by atomic mass is 10.3. The molecule has 0 aliphatic carbocycles. The lowest BCUT2D eigenvalue weighted by Crippen LogP contribution is -2.29. The summed E-state index contributed by atoms with van der Waals surface area (Å²) in [6.07, 6.45) is 5.03. The van der Waals surface area contributed by atoms with Crippen LogP contribution in [0.5, 0.6) is 0 Å². The fraction of sp³-hybridized carbons (Fsp3) is 0.556. The molecule has 5 N–H and O–H groups in total. The van der Waals surface area contributed by atoms with Crippen molar-refractivity contribution in [3.05, 3.63) is 25.3 Å². The molecule has 0 amide bonds. The normalized spacial score (nSPS) is 12.7. The minimum Gasteiger partial charge on any atom is -0.344 e. The molecule has 1 saturated heterocycles. The highest BCUT2D eigenvalue weighted by molar-refractivity contribution is 4.75. The molecule has 0 unspecified atom stereocenters. The van der Waals surface area contributed by atoms with Crippen LogP contribution < -0.4 is 16.8 Å². The second-order valence-electron chi connectivity index (χ2n) is 2.34.